The molecule has 0 saturated heterocycles. The molecular weight excluding hydrogens is 164 g/mol. The van der Waals surface area contributed by atoms with Crippen molar-refractivity contribution in [3.05, 3.63) is 35.4 Å². The van der Waals surface area contributed by atoms with Gasteiger partial charge in [0.05, 0.1) is 6.21 Å². The second kappa shape index (κ2) is 4.58. The molecule has 1 N–H and O–H groups in total. The van der Waals surface area contributed by atoms with Crippen LogP contribution in [0.15, 0.2) is 29.4 Å². The molecule has 0 aromatic heterocycles. The van der Waals surface area contributed by atoms with E-state index >= 15 is 0 Å². The van der Waals surface area contributed by atoms with E-state index < -0.39 is 0 Å². The van der Waals surface area contributed by atoms with Gasteiger partial charge in [-0.05, 0) is 6.07 Å². The molecule has 1 aromatic carbocycles. The van der Waals surface area contributed by atoms with E-state index in [0.29, 0.717) is 11.1 Å². The highest BCUT2D eigenvalue weighted by molar-refractivity contribution is 5.83. The zero-order chi connectivity index (χ0) is 9.52. The van der Waals surface area contributed by atoms with Crippen molar-refractivity contribution in [1.82, 2.24) is 0 Å². The summed E-state index contributed by atoms with van der Waals surface area (Å²) in [5, 5.41) is 19.5. The lowest BCUT2D eigenvalue weighted by Gasteiger charge is -1.94. The van der Waals surface area contributed by atoms with Crippen LogP contribution in [0, 0.1) is 23.2 Å². The predicted molar refractivity (Wildman–Crippen MR) is 48.3 cm³/mol. The fraction of sp³-hybridized carbons (Fsp3) is 0. The molecule has 0 atom stereocenters. The molecule has 1 aromatic rings. The van der Waals surface area contributed by atoms with E-state index in [1.54, 1.807) is 30.3 Å². The maximum absolute atomic E-state index is 8.33. The van der Waals surface area contributed by atoms with E-state index in [1.807, 2.05) is 0 Å². The van der Waals surface area contributed by atoms with Crippen LogP contribution in [0.2, 0.25) is 0 Å². The fourth-order valence-electron chi connectivity index (χ4n) is 0.881. The molecule has 0 heterocycles. The Balaban J connectivity index is 3.13. The van der Waals surface area contributed by atoms with Gasteiger partial charge < -0.3 is 5.21 Å². The summed E-state index contributed by atoms with van der Waals surface area (Å²) in [6.45, 7) is 0. The Hall–Kier alpha value is -2.26. The molecule has 0 bridgehead atoms. The van der Waals surface area contributed by atoms with Gasteiger partial charge >= 0.3 is 0 Å². The first-order valence-corrected chi connectivity index (χ1v) is 3.55. The van der Waals surface area contributed by atoms with Crippen LogP contribution in [-0.2, 0) is 0 Å². The van der Waals surface area contributed by atoms with Gasteiger partial charge in [0.15, 0.2) is 6.07 Å². The highest BCUT2D eigenvalue weighted by Gasteiger charge is 1.93. The number of nitrogens with zero attached hydrogens (tertiary/aromatic N) is 2. The highest BCUT2D eigenvalue weighted by atomic mass is 16.4. The number of rotatable bonds is 1. The molecule has 0 aliphatic heterocycles. The molecule has 0 amide bonds. The molecule has 0 radical (unpaired) electrons. The third-order valence-electron chi connectivity index (χ3n) is 1.41. The second-order valence-corrected chi connectivity index (χ2v) is 2.19. The Morgan fingerprint density at radius 2 is 2.15 bits per heavy atom. The third-order valence-corrected chi connectivity index (χ3v) is 1.41. The third kappa shape index (κ3) is 2.36. The Bertz CT molecular complexity index is 419. The molecule has 0 saturated carbocycles. The largest absolute Gasteiger partial charge is 0.411 e. The van der Waals surface area contributed by atoms with Crippen molar-refractivity contribution >= 4 is 6.21 Å². The monoisotopic (exact) mass is 170 g/mol. The van der Waals surface area contributed by atoms with Gasteiger partial charge in [-0.25, -0.2) is 0 Å². The van der Waals surface area contributed by atoms with Crippen molar-refractivity contribution in [3.63, 3.8) is 0 Å². The maximum Gasteiger partial charge on any atom is 0.152 e. The van der Waals surface area contributed by atoms with Crippen molar-refractivity contribution in [2.24, 2.45) is 5.16 Å². The Labute approximate surface area is 75.9 Å². The quantitative estimate of drug-likeness (QED) is 0.299. The van der Waals surface area contributed by atoms with Crippen LogP contribution in [0.3, 0.4) is 0 Å². The van der Waals surface area contributed by atoms with E-state index in [0.717, 1.165) is 0 Å². The summed E-state index contributed by atoms with van der Waals surface area (Å²) >= 11 is 0. The number of nitriles is 1. The van der Waals surface area contributed by atoms with Gasteiger partial charge in [-0.2, -0.15) is 5.26 Å². The molecule has 0 aliphatic carbocycles. The Morgan fingerprint density at radius 1 is 1.38 bits per heavy atom. The van der Waals surface area contributed by atoms with Gasteiger partial charge in [-0.3, -0.25) is 0 Å². The number of hydrogen-bond acceptors (Lipinski definition) is 3. The van der Waals surface area contributed by atoms with Gasteiger partial charge in [-0.1, -0.05) is 29.3 Å². The van der Waals surface area contributed by atoms with Crippen LogP contribution in [0.4, 0.5) is 0 Å². The van der Waals surface area contributed by atoms with Gasteiger partial charge in [-0.15, -0.1) is 0 Å². The fourth-order valence-corrected chi connectivity index (χ4v) is 0.881. The van der Waals surface area contributed by atoms with Gasteiger partial charge in [0.25, 0.3) is 0 Å². The van der Waals surface area contributed by atoms with Gasteiger partial charge in [0.2, 0.25) is 0 Å². The molecule has 0 aliphatic rings. The Morgan fingerprint density at radius 3 is 2.85 bits per heavy atom. The minimum absolute atomic E-state index is 0.668. The van der Waals surface area contributed by atoms with Gasteiger partial charge in [0.1, 0.15) is 0 Å². The molecule has 13 heavy (non-hydrogen) atoms. The summed E-state index contributed by atoms with van der Waals surface area (Å²) in [5.41, 5.74) is 1.36. The highest BCUT2D eigenvalue weighted by Crippen LogP contribution is 2.03. The van der Waals surface area contributed by atoms with Crippen molar-refractivity contribution in [3.8, 4) is 17.9 Å². The van der Waals surface area contributed by atoms with E-state index in [4.69, 9.17) is 10.5 Å². The minimum Gasteiger partial charge on any atom is -0.411 e. The first-order chi connectivity index (χ1) is 6.38. The van der Waals surface area contributed by atoms with E-state index in [-0.39, 0.29) is 0 Å². The summed E-state index contributed by atoms with van der Waals surface area (Å²) in [6, 6.07) is 8.82. The Kier molecular flexibility index (Phi) is 3.11. The topological polar surface area (TPSA) is 56.4 Å². The van der Waals surface area contributed by atoms with Gasteiger partial charge in [0, 0.05) is 17.0 Å². The average molecular weight is 170 g/mol. The maximum atomic E-state index is 8.33. The number of oxime groups is 1. The molecule has 1 rings (SSSR count). The smallest absolute Gasteiger partial charge is 0.152 e. The summed E-state index contributed by atoms with van der Waals surface area (Å²) < 4.78 is 0. The second-order valence-electron chi connectivity index (χ2n) is 2.19. The van der Waals surface area contributed by atoms with Crippen molar-refractivity contribution < 1.29 is 5.21 Å². The summed E-state index contributed by atoms with van der Waals surface area (Å²) in [6.07, 6.45) is 1.28. The standard InChI is InChI=1S/C10H6N2O/c11-7-3-6-9-4-1-2-5-10(9)8-12-13/h1-2,4-5,8,13H. The van der Waals surface area contributed by atoms with Crippen LogP contribution in [0.25, 0.3) is 0 Å². The van der Waals surface area contributed by atoms with Crippen molar-refractivity contribution in [2.45, 2.75) is 0 Å². The van der Waals surface area contributed by atoms with E-state index in [9.17, 15) is 0 Å². The summed E-state index contributed by atoms with van der Waals surface area (Å²) in [7, 11) is 0. The van der Waals surface area contributed by atoms with E-state index in [2.05, 4.69) is 17.0 Å². The van der Waals surface area contributed by atoms with Crippen LogP contribution in [0.5, 0.6) is 0 Å². The van der Waals surface area contributed by atoms with Crippen molar-refractivity contribution in [1.29, 1.82) is 5.26 Å². The lowest BCUT2D eigenvalue weighted by molar-refractivity contribution is 0.322. The SMILES string of the molecule is N#CC#Cc1ccccc1C=NO. The lowest BCUT2D eigenvalue weighted by atomic mass is 10.1. The first kappa shape index (κ1) is 8.83. The van der Waals surface area contributed by atoms with Crippen LogP contribution < -0.4 is 0 Å². The normalized spacial score (nSPS) is 8.85. The molecule has 0 unspecified atom stereocenters. The van der Waals surface area contributed by atoms with Crippen LogP contribution >= 0.6 is 0 Å². The van der Waals surface area contributed by atoms with Crippen molar-refractivity contribution in [2.75, 3.05) is 0 Å². The molecule has 0 fully saturated rings. The molecule has 3 nitrogen and oxygen atoms in total. The van der Waals surface area contributed by atoms with Crippen LogP contribution in [0.1, 0.15) is 11.1 Å². The average Bonchev–Trinajstić information content (AvgIpc) is 2.17. The minimum atomic E-state index is 0.668. The molecule has 0 spiro atoms. The molecule has 62 valence electrons. The van der Waals surface area contributed by atoms with Crippen LogP contribution in [-0.4, -0.2) is 11.4 Å². The first-order valence-electron chi connectivity index (χ1n) is 3.55. The number of benzene rings is 1. The predicted octanol–water partition coefficient (Wildman–Crippen LogP) is 1.37. The molecular formula is C10H6N2O. The summed E-state index contributed by atoms with van der Waals surface area (Å²) in [5.74, 6) is 4.91. The number of hydrogen-bond donors (Lipinski definition) is 1. The van der Waals surface area contributed by atoms with E-state index in [1.165, 1.54) is 6.21 Å². The lowest BCUT2D eigenvalue weighted by Crippen LogP contribution is -1.86. The summed E-state index contributed by atoms with van der Waals surface area (Å²) in [4.78, 5) is 0. The zero-order valence-electron chi connectivity index (χ0n) is 6.73. The molecule has 3 heteroatoms. The zero-order valence-corrected chi connectivity index (χ0v) is 6.73.